The molecule has 1 unspecified atom stereocenters. The van der Waals surface area contributed by atoms with Gasteiger partial charge in [0, 0.05) is 11.1 Å². The van der Waals surface area contributed by atoms with Gasteiger partial charge in [0.05, 0.1) is 4.92 Å². The van der Waals surface area contributed by atoms with Gasteiger partial charge in [-0.1, -0.05) is 18.2 Å². The molecule has 1 aromatic carbocycles. The second kappa shape index (κ2) is 4.96. The first kappa shape index (κ1) is 12.5. The highest BCUT2D eigenvalue weighted by atomic mass is 35.5. The first-order chi connectivity index (χ1) is 7.41. The smallest absolute Gasteiger partial charge is 0.293 e. The second-order valence-electron chi connectivity index (χ2n) is 3.31. The Kier molecular flexibility index (Phi) is 3.87. The molecule has 1 atom stereocenters. The third kappa shape index (κ3) is 2.95. The molecule has 86 valence electrons. The molecule has 0 fully saturated rings. The van der Waals surface area contributed by atoms with Crippen LogP contribution in [0.3, 0.4) is 0 Å². The van der Waals surface area contributed by atoms with Crippen LogP contribution in [-0.4, -0.2) is 16.3 Å². The molecule has 16 heavy (non-hydrogen) atoms. The first-order valence-corrected chi connectivity index (χ1v) is 4.83. The molecule has 6 heteroatoms. The molecule has 0 aliphatic carbocycles. The van der Waals surface area contributed by atoms with Crippen molar-refractivity contribution in [3.63, 3.8) is 0 Å². The summed E-state index contributed by atoms with van der Waals surface area (Å²) in [5, 5.41) is 23.1. The van der Waals surface area contributed by atoms with Crippen LogP contribution < -0.4 is 5.32 Å². The monoisotopic (exact) mass is 242 g/mol. The molecule has 1 rings (SSSR count). The summed E-state index contributed by atoms with van der Waals surface area (Å²) in [7, 11) is 0. The zero-order valence-electron chi connectivity index (χ0n) is 8.61. The van der Waals surface area contributed by atoms with E-state index in [1.54, 1.807) is 6.92 Å². The Morgan fingerprint density at radius 2 is 2.31 bits per heavy atom. The summed E-state index contributed by atoms with van der Waals surface area (Å²) in [5.41, 5.74) is 0.474. The summed E-state index contributed by atoms with van der Waals surface area (Å²) in [5.74, 6) is 0. The fourth-order valence-electron chi connectivity index (χ4n) is 1.05. The minimum Gasteiger partial charge on any atom is -0.370 e. The molecular formula is C10H11ClN2O3. The van der Waals surface area contributed by atoms with Gasteiger partial charge in [-0.3, -0.25) is 10.1 Å². The van der Waals surface area contributed by atoms with Gasteiger partial charge in [-0.15, -0.1) is 0 Å². The Hall–Kier alpha value is -1.59. The zero-order chi connectivity index (χ0) is 12.3. The predicted octanol–water partition coefficient (Wildman–Crippen LogP) is 2.55. The Morgan fingerprint density at radius 3 is 2.81 bits per heavy atom. The molecule has 0 aliphatic rings. The van der Waals surface area contributed by atoms with Crippen LogP contribution in [0.15, 0.2) is 30.4 Å². The average Bonchev–Trinajstić information content (AvgIpc) is 2.20. The van der Waals surface area contributed by atoms with Crippen LogP contribution in [0.25, 0.3) is 0 Å². The number of anilines is 1. The molecular weight excluding hydrogens is 232 g/mol. The van der Waals surface area contributed by atoms with Crippen molar-refractivity contribution in [2.24, 2.45) is 0 Å². The van der Waals surface area contributed by atoms with Gasteiger partial charge in [-0.05, 0) is 24.6 Å². The summed E-state index contributed by atoms with van der Waals surface area (Å²) >= 11 is 5.65. The van der Waals surface area contributed by atoms with Crippen LogP contribution in [0.4, 0.5) is 11.4 Å². The van der Waals surface area contributed by atoms with Crippen molar-refractivity contribution in [1.82, 2.24) is 0 Å². The SMILES string of the molecule is C=C(C)C(O)Nc1ccc(Cl)cc1[N+](=O)[O-]. The van der Waals surface area contributed by atoms with E-state index in [4.69, 9.17) is 11.6 Å². The molecule has 0 aromatic heterocycles. The summed E-state index contributed by atoms with van der Waals surface area (Å²) in [4.78, 5) is 10.2. The molecule has 0 saturated carbocycles. The Morgan fingerprint density at radius 1 is 1.69 bits per heavy atom. The molecule has 1 aromatic rings. The maximum Gasteiger partial charge on any atom is 0.293 e. The normalized spacial score (nSPS) is 11.9. The molecule has 0 amide bonds. The standard InChI is InChI=1S/C10H11ClN2O3/c1-6(2)10(14)12-8-4-3-7(11)5-9(8)13(15)16/h3-5,10,12,14H,1H2,2H3. The number of rotatable bonds is 4. The third-order valence-corrected chi connectivity index (χ3v) is 2.15. The van der Waals surface area contributed by atoms with E-state index < -0.39 is 11.2 Å². The first-order valence-electron chi connectivity index (χ1n) is 4.45. The van der Waals surface area contributed by atoms with E-state index >= 15 is 0 Å². The van der Waals surface area contributed by atoms with Crippen molar-refractivity contribution in [1.29, 1.82) is 0 Å². The number of aliphatic hydroxyl groups is 1. The van der Waals surface area contributed by atoms with Crippen molar-refractivity contribution in [2.45, 2.75) is 13.2 Å². The highest BCUT2D eigenvalue weighted by Gasteiger charge is 2.16. The van der Waals surface area contributed by atoms with E-state index in [2.05, 4.69) is 11.9 Å². The Bertz CT molecular complexity index is 434. The third-order valence-electron chi connectivity index (χ3n) is 1.92. The average molecular weight is 243 g/mol. The van der Waals surface area contributed by atoms with E-state index in [9.17, 15) is 15.2 Å². The topological polar surface area (TPSA) is 75.4 Å². The van der Waals surface area contributed by atoms with Gasteiger partial charge < -0.3 is 10.4 Å². The van der Waals surface area contributed by atoms with Gasteiger partial charge in [-0.25, -0.2) is 0 Å². The molecule has 0 radical (unpaired) electrons. The Labute approximate surface area is 97.5 Å². The lowest BCUT2D eigenvalue weighted by Gasteiger charge is -2.13. The van der Waals surface area contributed by atoms with E-state index in [-0.39, 0.29) is 16.4 Å². The molecule has 0 bridgehead atoms. The number of benzene rings is 1. The Balaban J connectivity index is 3.04. The van der Waals surface area contributed by atoms with E-state index in [1.807, 2.05) is 0 Å². The number of nitro groups is 1. The van der Waals surface area contributed by atoms with Gasteiger partial charge in [0.25, 0.3) is 5.69 Å². The van der Waals surface area contributed by atoms with Crippen LogP contribution in [-0.2, 0) is 0 Å². The van der Waals surface area contributed by atoms with Crippen molar-refractivity contribution >= 4 is 23.0 Å². The molecule has 0 spiro atoms. The summed E-state index contributed by atoms with van der Waals surface area (Å²) in [6.45, 7) is 5.15. The number of hydrogen-bond acceptors (Lipinski definition) is 4. The highest BCUT2D eigenvalue weighted by molar-refractivity contribution is 6.30. The van der Waals surface area contributed by atoms with Gasteiger partial charge >= 0.3 is 0 Å². The van der Waals surface area contributed by atoms with Crippen LogP contribution >= 0.6 is 11.6 Å². The lowest BCUT2D eigenvalue weighted by molar-refractivity contribution is -0.384. The molecule has 2 N–H and O–H groups in total. The van der Waals surface area contributed by atoms with E-state index in [1.165, 1.54) is 18.2 Å². The van der Waals surface area contributed by atoms with Crippen LogP contribution in [0.5, 0.6) is 0 Å². The van der Waals surface area contributed by atoms with Crippen molar-refractivity contribution < 1.29 is 10.0 Å². The largest absolute Gasteiger partial charge is 0.370 e. The minimum atomic E-state index is -1.03. The summed E-state index contributed by atoms with van der Waals surface area (Å²) in [6, 6.07) is 4.16. The summed E-state index contributed by atoms with van der Waals surface area (Å²) in [6.07, 6.45) is -1.03. The second-order valence-corrected chi connectivity index (χ2v) is 3.75. The number of aliphatic hydroxyl groups excluding tert-OH is 1. The van der Waals surface area contributed by atoms with Gasteiger partial charge in [-0.2, -0.15) is 0 Å². The van der Waals surface area contributed by atoms with Gasteiger partial charge in [0.15, 0.2) is 0 Å². The predicted molar refractivity (Wildman–Crippen MR) is 62.5 cm³/mol. The highest BCUT2D eigenvalue weighted by Crippen LogP contribution is 2.28. The molecule has 0 heterocycles. The maximum atomic E-state index is 10.7. The van der Waals surface area contributed by atoms with Crippen molar-refractivity contribution in [3.05, 3.63) is 45.5 Å². The van der Waals surface area contributed by atoms with Gasteiger partial charge in [0.2, 0.25) is 0 Å². The number of nitro benzene ring substituents is 1. The fraction of sp³-hybridized carbons (Fsp3) is 0.200. The van der Waals surface area contributed by atoms with E-state index in [0.29, 0.717) is 5.57 Å². The molecule has 0 aliphatic heterocycles. The summed E-state index contributed by atoms with van der Waals surface area (Å²) < 4.78 is 0. The number of nitrogens with one attached hydrogen (secondary N) is 1. The molecule has 0 saturated heterocycles. The van der Waals surface area contributed by atoms with Crippen LogP contribution in [0.1, 0.15) is 6.92 Å². The quantitative estimate of drug-likeness (QED) is 0.368. The van der Waals surface area contributed by atoms with Crippen molar-refractivity contribution in [2.75, 3.05) is 5.32 Å². The minimum absolute atomic E-state index is 0.187. The van der Waals surface area contributed by atoms with E-state index in [0.717, 1.165) is 0 Å². The zero-order valence-corrected chi connectivity index (χ0v) is 9.36. The number of halogens is 1. The number of hydrogen-bond donors (Lipinski definition) is 2. The fourth-order valence-corrected chi connectivity index (χ4v) is 1.21. The number of nitrogens with zero attached hydrogens (tertiary/aromatic N) is 1. The van der Waals surface area contributed by atoms with Gasteiger partial charge in [0.1, 0.15) is 11.9 Å². The van der Waals surface area contributed by atoms with Crippen molar-refractivity contribution in [3.8, 4) is 0 Å². The van der Waals surface area contributed by atoms with Crippen LogP contribution in [0, 0.1) is 10.1 Å². The lowest BCUT2D eigenvalue weighted by atomic mass is 10.2. The van der Waals surface area contributed by atoms with Crippen LogP contribution in [0.2, 0.25) is 5.02 Å². The molecule has 5 nitrogen and oxygen atoms in total. The lowest BCUT2D eigenvalue weighted by Crippen LogP contribution is -2.19. The maximum absolute atomic E-state index is 10.7.